The van der Waals surface area contributed by atoms with Crippen molar-refractivity contribution in [1.29, 1.82) is 0 Å². The molecule has 2 N–H and O–H groups in total. The molecule has 0 spiro atoms. The number of alkyl halides is 3. The van der Waals surface area contributed by atoms with E-state index in [-0.39, 0.29) is 5.69 Å². The minimum atomic E-state index is -4.51. The zero-order chi connectivity index (χ0) is 11.6. The lowest BCUT2D eigenvalue weighted by molar-refractivity contribution is -0.138. The third-order valence-corrected chi connectivity index (χ3v) is 1.76. The molecule has 1 unspecified atom stereocenters. The van der Waals surface area contributed by atoms with Crippen LogP contribution in [0, 0.1) is 0 Å². The van der Waals surface area contributed by atoms with E-state index in [2.05, 4.69) is 10.2 Å². The lowest BCUT2D eigenvalue weighted by Gasteiger charge is -2.09. The predicted molar refractivity (Wildman–Crippen MR) is 44.6 cm³/mol. The fourth-order valence-electron chi connectivity index (χ4n) is 0.898. The molecule has 1 atom stereocenters. The Bertz CT molecular complexity index is 378. The number of hydrogen-bond acceptors (Lipinski definition) is 4. The van der Waals surface area contributed by atoms with E-state index in [9.17, 15) is 18.0 Å². The molecule has 1 aromatic rings. The fourth-order valence-corrected chi connectivity index (χ4v) is 0.898. The van der Waals surface area contributed by atoms with Gasteiger partial charge in [-0.05, 0) is 13.0 Å². The molecule has 0 bridgehead atoms. The van der Waals surface area contributed by atoms with Gasteiger partial charge in [0.25, 0.3) is 0 Å². The molecule has 7 heteroatoms. The van der Waals surface area contributed by atoms with Gasteiger partial charge in [0.2, 0.25) is 0 Å². The first-order chi connectivity index (χ1) is 6.82. The minimum Gasteiger partial charge on any atom is -0.316 e. The summed E-state index contributed by atoms with van der Waals surface area (Å²) in [5.74, 6) is -0.469. The van der Waals surface area contributed by atoms with E-state index >= 15 is 0 Å². The normalized spacial score (nSPS) is 13.7. The number of nitrogens with zero attached hydrogens (tertiary/aromatic N) is 2. The second-order valence-corrected chi connectivity index (χ2v) is 2.96. The van der Waals surface area contributed by atoms with Gasteiger partial charge in [-0.1, -0.05) is 0 Å². The van der Waals surface area contributed by atoms with Crippen molar-refractivity contribution in [2.45, 2.75) is 19.1 Å². The molecule has 0 aliphatic heterocycles. The molecular formula is C8H8F3N3O. The number of Topliss-reactive ketones (excluding diaryl/α,β-unsaturated/α-hetero) is 1. The highest BCUT2D eigenvalue weighted by Gasteiger charge is 2.32. The molecule has 15 heavy (non-hydrogen) atoms. The highest BCUT2D eigenvalue weighted by molar-refractivity contribution is 5.82. The third-order valence-electron chi connectivity index (χ3n) is 1.76. The summed E-state index contributed by atoms with van der Waals surface area (Å²) in [6.07, 6.45) is -3.93. The zero-order valence-electron chi connectivity index (χ0n) is 7.75. The first kappa shape index (κ1) is 11.6. The summed E-state index contributed by atoms with van der Waals surface area (Å²) in [6, 6.07) is -0.446. The molecule has 1 aromatic heterocycles. The average molecular weight is 219 g/mol. The number of aromatic nitrogens is 2. The van der Waals surface area contributed by atoms with Gasteiger partial charge >= 0.3 is 6.18 Å². The Kier molecular flexibility index (Phi) is 3.04. The van der Waals surface area contributed by atoms with Crippen LogP contribution in [-0.2, 0) is 11.0 Å². The molecule has 4 nitrogen and oxygen atoms in total. The molecule has 0 radical (unpaired) electrons. The number of halogens is 3. The average Bonchev–Trinajstić information content (AvgIpc) is 2.15. The van der Waals surface area contributed by atoms with E-state index in [1.807, 2.05) is 0 Å². The van der Waals surface area contributed by atoms with Gasteiger partial charge in [0.15, 0.2) is 5.78 Å². The van der Waals surface area contributed by atoms with E-state index in [0.717, 1.165) is 6.07 Å². The Morgan fingerprint density at radius 2 is 2.13 bits per heavy atom. The van der Waals surface area contributed by atoms with Crippen LogP contribution in [0.5, 0.6) is 0 Å². The van der Waals surface area contributed by atoms with Crippen LogP contribution >= 0.6 is 0 Å². The third kappa shape index (κ3) is 2.72. The Labute approximate surface area is 83.3 Å². The predicted octanol–water partition coefficient (Wildman–Crippen LogP) is 1.08. The monoisotopic (exact) mass is 219 g/mol. The van der Waals surface area contributed by atoms with Crippen molar-refractivity contribution < 1.29 is 18.0 Å². The van der Waals surface area contributed by atoms with E-state index in [1.165, 1.54) is 6.92 Å². The molecule has 0 saturated heterocycles. The van der Waals surface area contributed by atoms with Gasteiger partial charge in [-0.25, -0.2) is 0 Å². The van der Waals surface area contributed by atoms with E-state index in [4.69, 9.17) is 5.73 Å². The molecule has 0 amide bonds. The zero-order valence-corrected chi connectivity index (χ0v) is 7.75. The van der Waals surface area contributed by atoms with Crippen LogP contribution in [0.2, 0.25) is 0 Å². The molecule has 0 aliphatic carbocycles. The number of hydrogen-bond donors (Lipinski definition) is 1. The summed E-state index contributed by atoms with van der Waals surface area (Å²) in [4.78, 5) is 10.8. The highest BCUT2D eigenvalue weighted by atomic mass is 19.4. The van der Waals surface area contributed by atoms with Crippen molar-refractivity contribution >= 4 is 5.78 Å². The topological polar surface area (TPSA) is 68.9 Å². The van der Waals surface area contributed by atoms with Gasteiger partial charge in [0.1, 0.15) is 6.04 Å². The van der Waals surface area contributed by atoms with Gasteiger partial charge in [0.05, 0.1) is 17.5 Å². The lowest BCUT2D eigenvalue weighted by atomic mass is 10.1. The van der Waals surface area contributed by atoms with Crippen LogP contribution < -0.4 is 5.73 Å². The van der Waals surface area contributed by atoms with Crippen molar-refractivity contribution in [3.63, 3.8) is 0 Å². The molecular weight excluding hydrogens is 211 g/mol. The summed E-state index contributed by atoms with van der Waals surface area (Å²) in [5.41, 5.74) is 4.18. The maximum Gasteiger partial charge on any atom is 0.418 e. The van der Waals surface area contributed by atoms with Gasteiger partial charge in [0, 0.05) is 0 Å². The first-order valence-electron chi connectivity index (χ1n) is 3.98. The number of carbonyl (C=O) groups excluding carboxylic acids is 1. The minimum absolute atomic E-state index is 0.183. The standard InChI is InChI=1S/C8H8F3N3O/c1-4(15)7(12)6-2-5(3-13-14-6)8(9,10)11/h2-3,7H,12H2,1H3. The maximum atomic E-state index is 12.2. The molecule has 0 saturated carbocycles. The van der Waals surface area contributed by atoms with Crippen molar-refractivity contribution in [2.24, 2.45) is 5.73 Å². The smallest absolute Gasteiger partial charge is 0.316 e. The largest absolute Gasteiger partial charge is 0.418 e. The van der Waals surface area contributed by atoms with E-state index in [0.29, 0.717) is 6.20 Å². The Morgan fingerprint density at radius 3 is 2.60 bits per heavy atom. The fraction of sp³-hybridized carbons (Fsp3) is 0.375. The van der Waals surface area contributed by atoms with E-state index in [1.54, 1.807) is 0 Å². The highest BCUT2D eigenvalue weighted by Crippen LogP contribution is 2.29. The molecule has 1 rings (SSSR count). The van der Waals surface area contributed by atoms with Crippen LogP contribution in [0.1, 0.15) is 24.2 Å². The van der Waals surface area contributed by atoms with Gasteiger partial charge in [-0.2, -0.15) is 23.4 Å². The number of rotatable bonds is 2. The lowest BCUT2D eigenvalue weighted by Crippen LogP contribution is -2.21. The quantitative estimate of drug-likeness (QED) is 0.808. The summed E-state index contributed by atoms with van der Waals surface area (Å²) >= 11 is 0. The first-order valence-corrected chi connectivity index (χ1v) is 3.98. The summed E-state index contributed by atoms with van der Waals surface area (Å²) in [7, 11) is 0. The van der Waals surface area contributed by atoms with Gasteiger partial charge in [-0.3, -0.25) is 4.79 Å². The summed E-state index contributed by atoms with van der Waals surface area (Å²) in [6.45, 7) is 1.17. The van der Waals surface area contributed by atoms with Crippen molar-refractivity contribution in [3.8, 4) is 0 Å². The number of ketones is 1. The van der Waals surface area contributed by atoms with Crippen molar-refractivity contribution in [3.05, 3.63) is 23.5 Å². The number of carbonyl (C=O) groups is 1. The maximum absolute atomic E-state index is 12.2. The van der Waals surface area contributed by atoms with Crippen LogP contribution in [-0.4, -0.2) is 16.0 Å². The molecule has 0 aliphatic rings. The van der Waals surface area contributed by atoms with Crippen LogP contribution in [0.3, 0.4) is 0 Å². The van der Waals surface area contributed by atoms with Crippen LogP contribution in [0.15, 0.2) is 12.3 Å². The molecule has 0 fully saturated rings. The second-order valence-electron chi connectivity index (χ2n) is 2.96. The van der Waals surface area contributed by atoms with Crippen molar-refractivity contribution in [1.82, 2.24) is 10.2 Å². The van der Waals surface area contributed by atoms with Crippen LogP contribution in [0.25, 0.3) is 0 Å². The van der Waals surface area contributed by atoms with Crippen molar-refractivity contribution in [2.75, 3.05) is 0 Å². The Morgan fingerprint density at radius 1 is 1.53 bits per heavy atom. The second kappa shape index (κ2) is 3.93. The van der Waals surface area contributed by atoms with Crippen LogP contribution in [0.4, 0.5) is 13.2 Å². The number of nitrogens with two attached hydrogens (primary N) is 1. The molecule has 82 valence electrons. The molecule has 0 aromatic carbocycles. The van der Waals surface area contributed by atoms with Gasteiger partial charge in [-0.15, -0.1) is 0 Å². The summed E-state index contributed by atoms with van der Waals surface area (Å²) in [5, 5.41) is 6.53. The van der Waals surface area contributed by atoms with E-state index < -0.39 is 23.6 Å². The van der Waals surface area contributed by atoms with Gasteiger partial charge < -0.3 is 5.73 Å². The molecule has 1 heterocycles. The Balaban J connectivity index is 3.08. The Hall–Kier alpha value is -1.50. The summed E-state index contributed by atoms with van der Waals surface area (Å²) < 4.78 is 36.7. The SMILES string of the molecule is CC(=O)C(N)c1cc(C(F)(F)F)cnn1.